The van der Waals surface area contributed by atoms with E-state index in [2.05, 4.69) is 35.9 Å². The Morgan fingerprint density at radius 3 is 2.88 bits per heavy atom. The zero-order valence-electron chi connectivity index (χ0n) is 13.2. The Bertz CT molecular complexity index is 968. The number of amides is 1. The molecule has 25 heavy (non-hydrogen) atoms. The zero-order valence-corrected chi connectivity index (χ0v) is 15.6. The summed E-state index contributed by atoms with van der Waals surface area (Å²) in [6.45, 7) is 2.01. The minimum Gasteiger partial charge on any atom is -0.325 e. The van der Waals surface area contributed by atoms with Gasteiger partial charge in [0.1, 0.15) is 0 Å². The van der Waals surface area contributed by atoms with Gasteiger partial charge in [-0.2, -0.15) is 0 Å². The Morgan fingerprint density at radius 1 is 1.32 bits per heavy atom. The maximum absolute atomic E-state index is 12.2. The monoisotopic (exact) mass is 419 g/mol. The lowest BCUT2D eigenvalue weighted by atomic mass is 10.2. The van der Waals surface area contributed by atoms with Crippen LogP contribution < -0.4 is 11.1 Å². The van der Waals surface area contributed by atoms with E-state index in [1.807, 2.05) is 25.1 Å². The van der Waals surface area contributed by atoms with Gasteiger partial charge >= 0.3 is 5.76 Å². The summed E-state index contributed by atoms with van der Waals surface area (Å²) in [4.78, 5) is 26.8. The average molecular weight is 420 g/mol. The van der Waals surface area contributed by atoms with Crippen molar-refractivity contribution in [2.45, 2.75) is 11.8 Å². The maximum atomic E-state index is 12.2. The number of benzene rings is 2. The fraction of sp³-hybridized carbons (Fsp3) is 0.118. The van der Waals surface area contributed by atoms with Crippen molar-refractivity contribution in [3.05, 3.63) is 63.1 Å². The van der Waals surface area contributed by atoms with Crippen LogP contribution in [0.1, 0.15) is 5.56 Å². The molecule has 0 radical (unpaired) electrons. The van der Waals surface area contributed by atoms with E-state index < -0.39 is 5.76 Å². The van der Waals surface area contributed by atoms with Crippen molar-refractivity contribution in [3.63, 3.8) is 0 Å². The Balaban J connectivity index is 1.64. The van der Waals surface area contributed by atoms with Crippen LogP contribution in [0.15, 0.2) is 61.2 Å². The van der Waals surface area contributed by atoms with Crippen molar-refractivity contribution < 1.29 is 9.32 Å². The van der Waals surface area contributed by atoms with Crippen LogP contribution in [0, 0.1) is 6.92 Å². The smallest absolute Gasteiger partial charge is 0.325 e. The van der Waals surface area contributed by atoms with Crippen LogP contribution in [-0.2, 0) is 4.79 Å². The summed E-state index contributed by atoms with van der Waals surface area (Å²) >= 11 is 4.90. The van der Waals surface area contributed by atoms with Crippen molar-refractivity contribution in [2.75, 3.05) is 11.1 Å². The lowest BCUT2D eigenvalue weighted by Gasteiger charge is -2.08. The Labute approximate surface area is 156 Å². The summed E-state index contributed by atoms with van der Waals surface area (Å²) in [6.07, 6.45) is 0. The van der Waals surface area contributed by atoms with Gasteiger partial charge in [0.15, 0.2) is 5.82 Å². The summed E-state index contributed by atoms with van der Waals surface area (Å²) in [5.74, 6) is -0.113. The van der Waals surface area contributed by atoms with Crippen LogP contribution in [0.3, 0.4) is 0 Å². The number of carbonyl (C=O) groups excluding carboxylic acids is 1. The molecular formula is C17H14BrN3O3S. The first-order valence-electron chi connectivity index (χ1n) is 7.36. The van der Waals surface area contributed by atoms with Crippen molar-refractivity contribution in [1.29, 1.82) is 0 Å². The number of thioether (sulfide) groups is 1. The third-order valence-corrected chi connectivity index (χ3v) is 5.02. The molecule has 0 saturated carbocycles. The minimum atomic E-state index is -0.620. The number of anilines is 1. The van der Waals surface area contributed by atoms with Gasteiger partial charge in [-0.15, -0.1) is 11.8 Å². The molecule has 8 heteroatoms. The topological polar surface area (TPSA) is 88.0 Å². The Kier molecular flexibility index (Phi) is 5.40. The molecule has 1 aromatic heterocycles. The van der Waals surface area contributed by atoms with E-state index in [4.69, 9.17) is 0 Å². The normalized spacial score (nSPS) is 10.6. The standard InChI is InChI=1S/C17H14BrN3O3S/c1-10-7-12(18)5-6-14(10)25-9-15(22)19-13-4-2-3-11(8-13)16-20-17(23)24-21-16/h2-8H,9H2,1H3,(H,19,22)(H,20,21,23). The SMILES string of the molecule is Cc1cc(Br)ccc1SCC(=O)Nc1cccc(-c2noc(=O)[nH]2)c1. The second-order valence-corrected chi connectivity index (χ2v) is 7.20. The molecule has 0 aliphatic carbocycles. The average Bonchev–Trinajstić information content (AvgIpc) is 3.01. The molecule has 0 unspecified atom stereocenters. The number of H-pyrrole nitrogens is 1. The summed E-state index contributed by atoms with van der Waals surface area (Å²) < 4.78 is 5.51. The van der Waals surface area contributed by atoms with Gasteiger partial charge in [0.25, 0.3) is 0 Å². The van der Waals surface area contributed by atoms with Crippen molar-refractivity contribution >= 4 is 39.3 Å². The van der Waals surface area contributed by atoms with Crippen molar-refractivity contribution in [1.82, 2.24) is 10.1 Å². The van der Waals surface area contributed by atoms with Crippen molar-refractivity contribution in [3.8, 4) is 11.4 Å². The van der Waals surface area contributed by atoms with E-state index in [-0.39, 0.29) is 5.91 Å². The highest BCUT2D eigenvalue weighted by atomic mass is 79.9. The van der Waals surface area contributed by atoms with Gasteiger partial charge in [-0.1, -0.05) is 33.2 Å². The van der Waals surface area contributed by atoms with Crippen LogP contribution in [0.2, 0.25) is 0 Å². The largest absolute Gasteiger partial charge is 0.439 e. The molecule has 0 saturated heterocycles. The number of aromatic amines is 1. The van der Waals surface area contributed by atoms with Crippen LogP contribution >= 0.6 is 27.7 Å². The van der Waals surface area contributed by atoms with E-state index in [9.17, 15) is 9.59 Å². The number of hydrogen-bond donors (Lipinski definition) is 2. The van der Waals surface area contributed by atoms with E-state index >= 15 is 0 Å². The number of rotatable bonds is 5. The molecule has 0 fully saturated rings. The molecule has 128 valence electrons. The maximum Gasteiger partial charge on any atom is 0.439 e. The molecule has 3 aromatic rings. The van der Waals surface area contributed by atoms with Gasteiger partial charge in [-0.3, -0.25) is 14.3 Å². The lowest BCUT2D eigenvalue weighted by Crippen LogP contribution is -2.14. The van der Waals surface area contributed by atoms with E-state index in [1.54, 1.807) is 24.3 Å². The van der Waals surface area contributed by atoms with E-state index in [1.165, 1.54) is 11.8 Å². The van der Waals surface area contributed by atoms with Gasteiger partial charge in [0.2, 0.25) is 5.91 Å². The fourth-order valence-electron chi connectivity index (χ4n) is 2.21. The summed E-state index contributed by atoms with van der Waals surface area (Å²) in [5, 5.41) is 6.48. The summed E-state index contributed by atoms with van der Waals surface area (Å²) in [6, 6.07) is 13.0. The van der Waals surface area contributed by atoms with Crippen LogP contribution in [-0.4, -0.2) is 21.8 Å². The molecule has 3 rings (SSSR count). The first-order chi connectivity index (χ1) is 12.0. The molecule has 0 aliphatic rings. The summed E-state index contributed by atoms with van der Waals surface area (Å²) in [5.41, 5.74) is 2.39. The molecule has 0 aliphatic heterocycles. The fourth-order valence-corrected chi connectivity index (χ4v) is 3.50. The number of aryl methyl sites for hydroxylation is 1. The molecule has 0 spiro atoms. The van der Waals surface area contributed by atoms with Gasteiger partial charge in [-0.25, -0.2) is 4.79 Å². The second kappa shape index (κ2) is 7.71. The van der Waals surface area contributed by atoms with E-state index in [0.717, 1.165) is 14.9 Å². The third kappa shape index (κ3) is 4.61. The minimum absolute atomic E-state index is 0.113. The highest BCUT2D eigenvalue weighted by Crippen LogP contribution is 2.25. The first kappa shape index (κ1) is 17.5. The third-order valence-electron chi connectivity index (χ3n) is 3.36. The van der Waals surface area contributed by atoms with Crippen molar-refractivity contribution in [2.24, 2.45) is 0 Å². The van der Waals surface area contributed by atoms with Crippen LogP contribution in [0.4, 0.5) is 5.69 Å². The number of nitrogens with one attached hydrogen (secondary N) is 2. The molecule has 6 nitrogen and oxygen atoms in total. The zero-order chi connectivity index (χ0) is 17.8. The highest BCUT2D eigenvalue weighted by Gasteiger charge is 2.08. The van der Waals surface area contributed by atoms with Gasteiger partial charge in [-0.05, 0) is 42.8 Å². The van der Waals surface area contributed by atoms with E-state index in [0.29, 0.717) is 22.8 Å². The van der Waals surface area contributed by atoms with Crippen LogP contribution in [0.5, 0.6) is 0 Å². The molecule has 0 bridgehead atoms. The number of halogens is 1. The van der Waals surface area contributed by atoms with Crippen LogP contribution in [0.25, 0.3) is 11.4 Å². The first-order valence-corrected chi connectivity index (χ1v) is 9.14. The number of hydrogen-bond acceptors (Lipinski definition) is 5. The Morgan fingerprint density at radius 2 is 2.16 bits per heavy atom. The number of carbonyl (C=O) groups is 1. The van der Waals surface area contributed by atoms with Gasteiger partial charge < -0.3 is 5.32 Å². The quantitative estimate of drug-likeness (QED) is 0.613. The predicted molar refractivity (Wildman–Crippen MR) is 101 cm³/mol. The molecular weight excluding hydrogens is 406 g/mol. The molecule has 1 heterocycles. The highest BCUT2D eigenvalue weighted by molar-refractivity contribution is 9.10. The Hall–Kier alpha value is -2.32. The predicted octanol–water partition coefficient (Wildman–Crippen LogP) is 3.83. The second-order valence-electron chi connectivity index (χ2n) is 5.27. The van der Waals surface area contributed by atoms with Gasteiger partial charge in [0, 0.05) is 20.6 Å². The molecule has 2 aromatic carbocycles. The molecule has 2 N–H and O–H groups in total. The molecule has 0 atom stereocenters. The number of aromatic nitrogens is 2. The number of nitrogens with zero attached hydrogens (tertiary/aromatic N) is 1. The summed E-state index contributed by atoms with van der Waals surface area (Å²) in [7, 11) is 0. The lowest BCUT2D eigenvalue weighted by molar-refractivity contribution is -0.113. The molecule has 1 amide bonds. The van der Waals surface area contributed by atoms with Gasteiger partial charge in [0.05, 0.1) is 5.75 Å².